The van der Waals surface area contributed by atoms with Crippen LogP contribution in [0.1, 0.15) is 0 Å². The molecule has 0 aliphatic heterocycles. The van der Waals surface area contributed by atoms with Crippen LogP contribution in [0.15, 0.2) is 71.2 Å². The highest BCUT2D eigenvalue weighted by Gasteiger charge is 2.17. The minimum absolute atomic E-state index is 0.699. The Labute approximate surface area is 181 Å². The number of ether oxygens (including phenoxy) is 2. The van der Waals surface area contributed by atoms with Crippen molar-refractivity contribution >= 4 is 37.9 Å². The molecule has 5 rings (SSSR count). The molecule has 1 N–H and O–H groups in total. The molecule has 0 radical (unpaired) electrons. The van der Waals surface area contributed by atoms with E-state index in [0.29, 0.717) is 11.5 Å². The van der Waals surface area contributed by atoms with Crippen molar-refractivity contribution in [2.24, 2.45) is 0 Å². The molecule has 0 bridgehead atoms. The van der Waals surface area contributed by atoms with Crippen LogP contribution in [0.5, 0.6) is 11.5 Å². The van der Waals surface area contributed by atoms with Crippen molar-refractivity contribution in [1.82, 2.24) is 15.0 Å². The number of rotatable bonds is 4. The molecule has 0 aliphatic rings. The normalized spacial score (nSPS) is 11.2. The summed E-state index contributed by atoms with van der Waals surface area (Å²) in [6, 6.07) is 22.0. The first kappa shape index (κ1) is 18.6. The van der Waals surface area contributed by atoms with E-state index in [1.54, 1.807) is 14.2 Å². The number of aromatic nitrogens is 3. The zero-order valence-corrected chi connectivity index (χ0v) is 18.0. The second kappa shape index (κ2) is 7.46. The molecule has 148 valence electrons. The average molecular weight is 460 g/mol. The molecule has 2 aromatic heterocycles. The van der Waals surface area contributed by atoms with E-state index in [9.17, 15) is 0 Å². The second-order valence-corrected chi connectivity index (χ2v) is 7.81. The van der Waals surface area contributed by atoms with Gasteiger partial charge in [0.1, 0.15) is 17.3 Å². The lowest BCUT2D eigenvalue weighted by molar-refractivity contribution is 0.398. The van der Waals surface area contributed by atoms with Crippen LogP contribution >= 0.6 is 15.9 Å². The van der Waals surface area contributed by atoms with Gasteiger partial charge in [-0.25, -0.2) is 9.97 Å². The van der Waals surface area contributed by atoms with Crippen LogP contribution in [0.3, 0.4) is 0 Å². The molecule has 0 unspecified atom stereocenters. The van der Waals surface area contributed by atoms with Gasteiger partial charge in [0.15, 0.2) is 0 Å². The van der Waals surface area contributed by atoms with E-state index in [2.05, 4.69) is 27.0 Å². The predicted molar refractivity (Wildman–Crippen MR) is 123 cm³/mol. The number of pyridine rings is 1. The number of imidazole rings is 1. The number of fused-ring (bicyclic) bond motifs is 2. The standard InChI is InChI=1S/C24H18BrN3O2/c1-29-16-11-21-17(22(12-16)30-2)13-18(23(26-21)14-7-9-15(25)10-8-14)24-27-19-5-3-4-6-20(19)28-24/h3-13H,1-2H3,(H,27,28). The van der Waals surface area contributed by atoms with Gasteiger partial charge in [0.05, 0.1) is 36.5 Å². The van der Waals surface area contributed by atoms with Gasteiger partial charge in [0.2, 0.25) is 0 Å². The minimum atomic E-state index is 0.699. The summed E-state index contributed by atoms with van der Waals surface area (Å²) in [5, 5.41) is 0.898. The molecule has 0 fully saturated rings. The number of para-hydroxylation sites is 2. The lowest BCUT2D eigenvalue weighted by Gasteiger charge is -2.13. The van der Waals surface area contributed by atoms with E-state index in [-0.39, 0.29) is 0 Å². The van der Waals surface area contributed by atoms with E-state index < -0.39 is 0 Å². The number of halogens is 1. The maximum Gasteiger partial charge on any atom is 0.140 e. The van der Waals surface area contributed by atoms with Crippen LogP contribution in [-0.4, -0.2) is 29.2 Å². The van der Waals surface area contributed by atoms with Crippen molar-refractivity contribution in [3.05, 3.63) is 71.2 Å². The molecule has 0 atom stereocenters. The highest BCUT2D eigenvalue weighted by atomic mass is 79.9. The van der Waals surface area contributed by atoms with Crippen LogP contribution in [0.4, 0.5) is 0 Å². The van der Waals surface area contributed by atoms with E-state index >= 15 is 0 Å². The van der Waals surface area contributed by atoms with Crippen molar-refractivity contribution in [3.8, 4) is 34.1 Å². The maximum absolute atomic E-state index is 5.62. The van der Waals surface area contributed by atoms with Crippen molar-refractivity contribution in [1.29, 1.82) is 0 Å². The summed E-state index contributed by atoms with van der Waals surface area (Å²) >= 11 is 3.51. The zero-order valence-electron chi connectivity index (χ0n) is 16.4. The predicted octanol–water partition coefficient (Wildman–Crippen LogP) is 6.22. The Morgan fingerprint density at radius 3 is 2.37 bits per heavy atom. The summed E-state index contributed by atoms with van der Waals surface area (Å²) < 4.78 is 12.1. The van der Waals surface area contributed by atoms with Crippen molar-refractivity contribution in [2.45, 2.75) is 0 Å². The summed E-state index contributed by atoms with van der Waals surface area (Å²) in [5.41, 5.74) is 5.43. The molecular formula is C24H18BrN3O2. The zero-order chi connectivity index (χ0) is 20.7. The monoisotopic (exact) mass is 459 g/mol. The lowest BCUT2D eigenvalue weighted by atomic mass is 10.0. The molecule has 2 heterocycles. The summed E-state index contributed by atoms with van der Waals surface area (Å²) in [4.78, 5) is 13.2. The number of hydrogen-bond acceptors (Lipinski definition) is 4. The molecule has 3 aromatic carbocycles. The van der Waals surface area contributed by atoms with Gasteiger partial charge in [0.25, 0.3) is 0 Å². The Balaban J connectivity index is 1.83. The van der Waals surface area contributed by atoms with Crippen molar-refractivity contribution < 1.29 is 9.47 Å². The number of H-pyrrole nitrogens is 1. The van der Waals surface area contributed by atoms with Gasteiger partial charge in [-0.1, -0.05) is 40.2 Å². The summed E-state index contributed by atoms with van der Waals surface area (Å²) in [5.74, 6) is 2.17. The Kier molecular flexibility index (Phi) is 4.64. The number of aromatic amines is 1. The molecule has 0 saturated heterocycles. The second-order valence-electron chi connectivity index (χ2n) is 6.89. The summed E-state index contributed by atoms with van der Waals surface area (Å²) in [7, 11) is 3.29. The first-order chi connectivity index (χ1) is 14.7. The van der Waals surface area contributed by atoms with Crippen LogP contribution in [0.2, 0.25) is 0 Å². The Morgan fingerprint density at radius 1 is 0.833 bits per heavy atom. The molecule has 30 heavy (non-hydrogen) atoms. The largest absolute Gasteiger partial charge is 0.497 e. The smallest absolute Gasteiger partial charge is 0.140 e. The van der Waals surface area contributed by atoms with Gasteiger partial charge in [-0.15, -0.1) is 0 Å². The highest BCUT2D eigenvalue weighted by molar-refractivity contribution is 9.10. The average Bonchev–Trinajstić information content (AvgIpc) is 3.22. The maximum atomic E-state index is 5.62. The SMILES string of the molecule is COc1cc(OC)c2cc(-c3nc4ccccc4[nH]3)c(-c3ccc(Br)cc3)nc2c1. The quantitative estimate of drug-likeness (QED) is 0.346. The Hall–Kier alpha value is -3.38. The molecule has 6 heteroatoms. The topological polar surface area (TPSA) is 60.0 Å². The van der Waals surface area contributed by atoms with Crippen LogP contribution in [0.25, 0.3) is 44.6 Å². The molecule has 0 aliphatic carbocycles. The Bertz CT molecular complexity index is 1340. The number of nitrogens with one attached hydrogen (secondary N) is 1. The first-order valence-corrected chi connectivity index (χ1v) is 10.2. The first-order valence-electron chi connectivity index (χ1n) is 9.44. The molecule has 0 amide bonds. The van der Waals surface area contributed by atoms with Gasteiger partial charge in [-0.2, -0.15) is 0 Å². The third-order valence-electron chi connectivity index (χ3n) is 5.09. The van der Waals surface area contributed by atoms with Gasteiger partial charge in [0, 0.05) is 33.1 Å². The lowest BCUT2D eigenvalue weighted by Crippen LogP contribution is -1.96. The van der Waals surface area contributed by atoms with E-state index in [1.807, 2.05) is 60.7 Å². The fraction of sp³-hybridized carbons (Fsp3) is 0.0833. The van der Waals surface area contributed by atoms with Gasteiger partial charge in [-0.05, 0) is 30.3 Å². The molecule has 5 aromatic rings. The number of benzene rings is 3. The van der Waals surface area contributed by atoms with E-state index in [1.165, 1.54) is 0 Å². The number of methoxy groups -OCH3 is 2. The fourth-order valence-electron chi connectivity index (χ4n) is 3.59. The number of nitrogens with zero attached hydrogens (tertiary/aromatic N) is 2. The fourth-order valence-corrected chi connectivity index (χ4v) is 3.86. The molecule has 5 nitrogen and oxygen atoms in total. The summed E-state index contributed by atoms with van der Waals surface area (Å²) in [6.45, 7) is 0. The third-order valence-corrected chi connectivity index (χ3v) is 5.62. The van der Waals surface area contributed by atoms with E-state index in [0.717, 1.165) is 49.1 Å². The molecule has 0 spiro atoms. The van der Waals surface area contributed by atoms with Gasteiger partial charge >= 0.3 is 0 Å². The van der Waals surface area contributed by atoms with Crippen LogP contribution in [0, 0.1) is 0 Å². The van der Waals surface area contributed by atoms with Crippen LogP contribution in [-0.2, 0) is 0 Å². The minimum Gasteiger partial charge on any atom is -0.497 e. The molecular weight excluding hydrogens is 442 g/mol. The summed E-state index contributed by atoms with van der Waals surface area (Å²) in [6.07, 6.45) is 0. The van der Waals surface area contributed by atoms with Gasteiger partial charge in [-0.3, -0.25) is 0 Å². The van der Waals surface area contributed by atoms with Crippen molar-refractivity contribution in [3.63, 3.8) is 0 Å². The van der Waals surface area contributed by atoms with Gasteiger partial charge < -0.3 is 14.5 Å². The van der Waals surface area contributed by atoms with E-state index in [4.69, 9.17) is 19.4 Å². The van der Waals surface area contributed by atoms with Crippen LogP contribution < -0.4 is 9.47 Å². The third kappa shape index (κ3) is 3.19. The van der Waals surface area contributed by atoms with Crippen molar-refractivity contribution in [2.75, 3.05) is 14.2 Å². The molecule has 0 saturated carbocycles. The number of hydrogen-bond donors (Lipinski definition) is 1. The Morgan fingerprint density at radius 2 is 1.63 bits per heavy atom. The highest BCUT2D eigenvalue weighted by Crippen LogP contribution is 2.38.